The van der Waals surface area contributed by atoms with E-state index in [0.717, 1.165) is 38.4 Å². The number of aromatic nitrogens is 1. The molecule has 0 spiro atoms. The molecule has 0 aromatic carbocycles. The third kappa shape index (κ3) is 5.05. The van der Waals surface area contributed by atoms with Crippen LogP contribution in [0.15, 0.2) is 24.4 Å². The fraction of sp³-hybridized carbons (Fsp3) is 0.625. The molecule has 0 aliphatic carbocycles. The van der Waals surface area contributed by atoms with Gasteiger partial charge in [-0.3, -0.25) is 14.7 Å². The zero-order chi connectivity index (χ0) is 15.8. The second-order valence-corrected chi connectivity index (χ2v) is 5.54. The Bertz CT molecular complexity index is 447. The highest BCUT2D eigenvalue weighted by Crippen LogP contribution is 2.10. The number of ether oxygens (including phenoxy) is 1. The SMILES string of the molecule is CCN1CCN(CC(=O)N[C@@H](COC)c2ccccn2)CC1. The Labute approximate surface area is 132 Å². The van der Waals surface area contributed by atoms with E-state index in [9.17, 15) is 4.79 Å². The number of pyridine rings is 1. The number of hydrogen-bond acceptors (Lipinski definition) is 5. The average Bonchev–Trinajstić information content (AvgIpc) is 2.56. The molecule has 1 aliphatic heterocycles. The molecule has 6 heteroatoms. The maximum atomic E-state index is 12.3. The second kappa shape index (κ2) is 8.82. The lowest BCUT2D eigenvalue weighted by molar-refractivity contribution is -0.123. The molecular weight excluding hydrogens is 280 g/mol. The minimum Gasteiger partial charge on any atom is -0.382 e. The number of piperazine rings is 1. The monoisotopic (exact) mass is 306 g/mol. The van der Waals surface area contributed by atoms with Crippen LogP contribution in [0, 0.1) is 0 Å². The van der Waals surface area contributed by atoms with Crippen LogP contribution < -0.4 is 5.32 Å². The number of rotatable bonds is 7. The quantitative estimate of drug-likeness (QED) is 0.796. The Kier molecular flexibility index (Phi) is 6.76. The van der Waals surface area contributed by atoms with Gasteiger partial charge in [0.1, 0.15) is 0 Å². The van der Waals surface area contributed by atoms with Crippen molar-refractivity contribution in [2.24, 2.45) is 0 Å². The summed E-state index contributed by atoms with van der Waals surface area (Å²) in [6.07, 6.45) is 1.73. The van der Waals surface area contributed by atoms with Crippen LogP contribution in [0.5, 0.6) is 0 Å². The summed E-state index contributed by atoms with van der Waals surface area (Å²) in [4.78, 5) is 21.2. The topological polar surface area (TPSA) is 57.7 Å². The molecule has 1 saturated heterocycles. The number of likely N-dealkylation sites (N-methyl/N-ethyl adjacent to an activating group) is 1. The molecule has 1 N–H and O–H groups in total. The van der Waals surface area contributed by atoms with Crippen LogP contribution in [0.4, 0.5) is 0 Å². The van der Waals surface area contributed by atoms with Gasteiger partial charge in [-0.2, -0.15) is 0 Å². The first-order chi connectivity index (χ1) is 10.7. The van der Waals surface area contributed by atoms with Crippen molar-refractivity contribution in [1.82, 2.24) is 20.1 Å². The third-order valence-corrected chi connectivity index (χ3v) is 3.99. The highest BCUT2D eigenvalue weighted by atomic mass is 16.5. The molecule has 6 nitrogen and oxygen atoms in total. The first-order valence-electron chi connectivity index (χ1n) is 7.87. The highest BCUT2D eigenvalue weighted by molar-refractivity contribution is 5.78. The van der Waals surface area contributed by atoms with Crippen LogP contribution >= 0.6 is 0 Å². The van der Waals surface area contributed by atoms with Crippen molar-refractivity contribution in [3.63, 3.8) is 0 Å². The van der Waals surface area contributed by atoms with E-state index in [1.807, 2.05) is 18.2 Å². The number of methoxy groups -OCH3 is 1. The molecule has 1 aromatic heterocycles. The Hall–Kier alpha value is -1.50. The third-order valence-electron chi connectivity index (χ3n) is 3.99. The lowest BCUT2D eigenvalue weighted by Gasteiger charge is -2.33. The van der Waals surface area contributed by atoms with Crippen molar-refractivity contribution in [2.45, 2.75) is 13.0 Å². The minimum absolute atomic E-state index is 0.0256. The van der Waals surface area contributed by atoms with Gasteiger partial charge < -0.3 is 15.0 Å². The van der Waals surface area contributed by atoms with Gasteiger partial charge in [-0.1, -0.05) is 13.0 Å². The van der Waals surface area contributed by atoms with E-state index in [2.05, 4.69) is 27.0 Å². The molecule has 2 rings (SSSR count). The maximum absolute atomic E-state index is 12.3. The predicted octanol–water partition coefficient (Wildman–Crippen LogP) is 0.523. The second-order valence-electron chi connectivity index (χ2n) is 5.54. The van der Waals surface area contributed by atoms with Crippen molar-refractivity contribution >= 4 is 5.91 Å². The van der Waals surface area contributed by atoms with Crippen molar-refractivity contribution in [2.75, 3.05) is 53.0 Å². The van der Waals surface area contributed by atoms with Crippen LogP contribution in [-0.4, -0.2) is 73.7 Å². The number of amides is 1. The number of hydrogen-bond donors (Lipinski definition) is 1. The molecule has 22 heavy (non-hydrogen) atoms. The highest BCUT2D eigenvalue weighted by Gasteiger charge is 2.20. The van der Waals surface area contributed by atoms with Gasteiger partial charge in [-0.25, -0.2) is 0 Å². The fourth-order valence-electron chi connectivity index (χ4n) is 2.66. The van der Waals surface area contributed by atoms with Gasteiger partial charge >= 0.3 is 0 Å². The number of carbonyl (C=O) groups is 1. The van der Waals surface area contributed by atoms with E-state index in [4.69, 9.17) is 4.74 Å². The lowest BCUT2D eigenvalue weighted by Crippen LogP contribution is -2.49. The maximum Gasteiger partial charge on any atom is 0.234 e. The first kappa shape index (κ1) is 16.9. The van der Waals surface area contributed by atoms with Crippen LogP contribution in [0.3, 0.4) is 0 Å². The van der Waals surface area contributed by atoms with E-state index in [1.54, 1.807) is 13.3 Å². The molecule has 122 valence electrons. The van der Waals surface area contributed by atoms with Gasteiger partial charge in [-0.05, 0) is 18.7 Å². The molecule has 1 aromatic rings. The average molecular weight is 306 g/mol. The van der Waals surface area contributed by atoms with E-state index >= 15 is 0 Å². The largest absolute Gasteiger partial charge is 0.382 e. The van der Waals surface area contributed by atoms with Crippen LogP contribution in [0.25, 0.3) is 0 Å². The Morgan fingerprint density at radius 1 is 1.32 bits per heavy atom. The standard InChI is InChI=1S/C16H26N4O2/c1-3-19-8-10-20(11-9-19)12-16(21)18-15(13-22-2)14-6-4-5-7-17-14/h4-7,15H,3,8-13H2,1-2H3,(H,18,21)/t15-/m0/s1. The minimum atomic E-state index is -0.198. The van der Waals surface area contributed by atoms with Crippen molar-refractivity contribution < 1.29 is 9.53 Å². The van der Waals surface area contributed by atoms with E-state index in [0.29, 0.717) is 13.2 Å². The summed E-state index contributed by atoms with van der Waals surface area (Å²) >= 11 is 0. The van der Waals surface area contributed by atoms with Crippen LogP contribution in [0.2, 0.25) is 0 Å². The zero-order valence-electron chi connectivity index (χ0n) is 13.5. The molecule has 0 bridgehead atoms. The van der Waals surface area contributed by atoms with Crippen molar-refractivity contribution in [1.29, 1.82) is 0 Å². The van der Waals surface area contributed by atoms with E-state index < -0.39 is 0 Å². The number of nitrogens with zero attached hydrogens (tertiary/aromatic N) is 3. The van der Waals surface area contributed by atoms with Gasteiger partial charge in [-0.15, -0.1) is 0 Å². The Morgan fingerprint density at radius 3 is 2.64 bits per heavy atom. The Balaban J connectivity index is 1.84. The molecule has 1 aliphatic rings. The van der Waals surface area contributed by atoms with Gasteiger partial charge in [0, 0.05) is 39.5 Å². The summed E-state index contributed by atoms with van der Waals surface area (Å²) in [7, 11) is 1.63. The molecule has 0 saturated carbocycles. The number of nitrogens with one attached hydrogen (secondary N) is 1. The van der Waals surface area contributed by atoms with Crippen molar-refractivity contribution in [3.8, 4) is 0 Å². The molecule has 1 atom stereocenters. The van der Waals surface area contributed by atoms with Gasteiger partial charge in [0.2, 0.25) is 5.91 Å². The fourth-order valence-corrected chi connectivity index (χ4v) is 2.66. The van der Waals surface area contributed by atoms with Gasteiger partial charge in [0.25, 0.3) is 0 Å². The summed E-state index contributed by atoms with van der Waals surface area (Å²) < 4.78 is 5.20. The first-order valence-corrected chi connectivity index (χ1v) is 7.87. The molecule has 1 amide bonds. The van der Waals surface area contributed by atoms with Gasteiger partial charge in [0.15, 0.2) is 0 Å². The molecule has 0 radical (unpaired) electrons. The summed E-state index contributed by atoms with van der Waals surface area (Å²) in [5.74, 6) is 0.0256. The summed E-state index contributed by atoms with van der Waals surface area (Å²) in [6.45, 7) is 8.06. The molecule has 0 unspecified atom stereocenters. The van der Waals surface area contributed by atoms with Gasteiger partial charge in [0.05, 0.1) is 24.9 Å². The summed E-state index contributed by atoms with van der Waals surface area (Å²) in [5.41, 5.74) is 0.827. The molecule has 1 fully saturated rings. The summed E-state index contributed by atoms with van der Waals surface area (Å²) in [6, 6.07) is 5.49. The van der Waals surface area contributed by atoms with Crippen molar-refractivity contribution in [3.05, 3.63) is 30.1 Å². The Morgan fingerprint density at radius 2 is 2.05 bits per heavy atom. The molecule has 2 heterocycles. The normalized spacial score (nSPS) is 18.1. The van der Waals surface area contributed by atoms with Crippen LogP contribution in [-0.2, 0) is 9.53 Å². The molecular formula is C16H26N4O2. The lowest BCUT2D eigenvalue weighted by atomic mass is 10.2. The van der Waals surface area contributed by atoms with E-state index in [1.165, 1.54) is 0 Å². The van der Waals surface area contributed by atoms with Crippen LogP contribution in [0.1, 0.15) is 18.7 Å². The summed E-state index contributed by atoms with van der Waals surface area (Å²) in [5, 5.41) is 3.03. The zero-order valence-corrected chi connectivity index (χ0v) is 13.5. The predicted molar refractivity (Wildman–Crippen MR) is 85.6 cm³/mol. The smallest absolute Gasteiger partial charge is 0.234 e. The van der Waals surface area contributed by atoms with E-state index in [-0.39, 0.29) is 11.9 Å². The number of carbonyl (C=O) groups excluding carboxylic acids is 1.